The first-order valence-electron chi connectivity index (χ1n) is 5.36. The second-order valence-corrected chi connectivity index (χ2v) is 3.17. The highest BCUT2D eigenvalue weighted by atomic mass is 15.3. The molecule has 2 rings (SSSR count). The molecule has 0 aliphatic rings. The Labute approximate surface area is 91.6 Å². The molecule has 2 aromatic rings. The van der Waals surface area contributed by atoms with E-state index >= 15 is 0 Å². The van der Waals surface area contributed by atoms with Gasteiger partial charge in [0.15, 0.2) is 0 Å². The molecule has 0 N–H and O–H groups in total. The molecule has 0 amide bonds. The van der Waals surface area contributed by atoms with Crippen molar-refractivity contribution < 1.29 is 0 Å². The quantitative estimate of drug-likeness (QED) is 0.692. The molecule has 0 aliphatic carbocycles. The Morgan fingerprint density at radius 3 is 2.07 bits per heavy atom. The van der Waals surface area contributed by atoms with Crippen LogP contribution < -0.4 is 0 Å². The van der Waals surface area contributed by atoms with E-state index in [1.807, 2.05) is 43.7 Å². The minimum Gasteiger partial charge on any atom is -0.238 e. The maximum absolute atomic E-state index is 4.40. The highest BCUT2D eigenvalue weighted by Gasteiger charge is 2.01. The second kappa shape index (κ2) is 5.35. The normalized spacial score (nSPS) is 9.33. The van der Waals surface area contributed by atoms with Gasteiger partial charge in [-0.1, -0.05) is 32.0 Å². The maximum Gasteiger partial charge on any atom is 0.0648 e. The number of rotatable bonds is 1. The van der Waals surface area contributed by atoms with Crippen LogP contribution in [0, 0.1) is 13.8 Å². The molecule has 0 bridgehead atoms. The summed E-state index contributed by atoms with van der Waals surface area (Å²) in [6.07, 6.45) is 0. The van der Waals surface area contributed by atoms with E-state index in [1.165, 1.54) is 5.69 Å². The summed E-state index contributed by atoms with van der Waals surface area (Å²) in [5.41, 5.74) is 3.35. The number of benzene rings is 1. The van der Waals surface area contributed by atoms with Crippen LogP contribution in [0.2, 0.25) is 0 Å². The molecular weight excluding hydrogens is 184 g/mol. The average molecular weight is 202 g/mol. The van der Waals surface area contributed by atoms with Crippen molar-refractivity contribution in [2.24, 2.45) is 0 Å². The van der Waals surface area contributed by atoms with Crippen LogP contribution in [0.1, 0.15) is 25.2 Å². The fourth-order valence-corrected chi connectivity index (χ4v) is 1.46. The molecule has 1 aromatic heterocycles. The first-order chi connectivity index (χ1) is 7.27. The lowest BCUT2D eigenvalue weighted by atomic mass is 10.3. The molecule has 2 nitrogen and oxygen atoms in total. The van der Waals surface area contributed by atoms with Crippen molar-refractivity contribution in [1.29, 1.82) is 0 Å². The minimum atomic E-state index is 1.06. The van der Waals surface area contributed by atoms with Crippen molar-refractivity contribution in [3.8, 4) is 5.69 Å². The molecule has 0 spiro atoms. The van der Waals surface area contributed by atoms with Crippen LogP contribution in [0.3, 0.4) is 0 Å². The van der Waals surface area contributed by atoms with Gasteiger partial charge in [0.1, 0.15) is 0 Å². The van der Waals surface area contributed by atoms with Crippen LogP contribution in [0.5, 0.6) is 0 Å². The van der Waals surface area contributed by atoms with Crippen LogP contribution in [0.25, 0.3) is 5.69 Å². The largest absolute Gasteiger partial charge is 0.238 e. The molecule has 0 saturated carbocycles. The van der Waals surface area contributed by atoms with Gasteiger partial charge in [-0.15, -0.1) is 0 Å². The zero-order valence-corrected chi connectivity index (χ0v) is 9.86. The van der Waals surface area contributed by atoms with Gasteiger partial charge < -0.3 is 0 Å². The minimum absolute atomic E-state index is 1.06. The lowest BCUT2D eigenvalue weighted by Crippen LogP contribution is -1.97. The molecule has 0 atom stereocenters. The van der Waals surface area contributed by atoms with Crippen LogP contribution >= 0.6 is 0 Å². The Bertz CT molecular complexity index is 402. The predicted molar refractivity (Wildman–Crippen MR) is 64.4 cm³/mol. The van der Waals surface area contributed by atoms with Crippen molar-refractivity contribution in [2.45, 2.75) is 27.7 Å². The number of aryl methyl sites for hydroxylation is 2. The first kappa shape index (κ1) is 11.5. The number of hydrogen-bond donors (Lipinski definition) is 0. The molecule has 1 heterocycles. The molecule has 0 aliphatic heterocycles. The van der Waals surface area contributed by atoms with Crippen molar-refractivity contribution >= 4 is 0 Å². The van der Waals surface area contributed by atoms with Gasteiger partial charge >= 0.3 is 0 Å². The van der Waals surface area contributed by atoms with Gasteiger partial charge in [0.25, 0.3) is 0 Å². The molecule has 0 unspecified atom stereocenters. The van der Waals surface area contributed by atoms with Gasteiger partial charge in [-0.05, 0) is 32.0 Å². The summed E-state index contributed by atoms with van der Waals surface area (Å²) in [5.74, 6) is 0. The Kier molecular flexibility index (Phi) is 4.10. The lowest BCUT2D eigenvalue weighted by Gasteiger charge is -2.02. The summed E-state index contributed by atoms with van der Waals surface area (Å²) < 4.78 is 1.95. The fourth-order valence-electron chi connectivity index (χ4n) is 1.46. The standard InChI is InChI=1S/C11H12N2.C2H6/c1-9-8-10(2)13(12-9)11-6-4-3-5-7-11;1-2/h3-8H,1-2H3;1-2H3. The third kappa shape index (κ3) is 2.69. The van der Waals surface area contributed by atoms with Crippen LogP contribution in [-0.2, 0) is 0 Å². The number of hydrogen-bond acceptors (Lipinski definition) is 1. The van der Waals surface area contributed by atoms with E-state index in [1.54, 1.807) is 0 Å². The van der Waals surface area contributed by atoms with E-state index < -0.39 is 0 Å². The van der Waals surface area contributed by atoms with Gasteiger partial charge in [0.05, 0.1) is 11.4 Å². The topological polar surface area (TPSA) is 17.8 Å². The maximum atomic E-state index is 4.40. The Balaban J connectivity index is 0.000000531. The molecular formula is C13H18N2. The van der Waals surface area contributed by atoms with E-state index in [-0.39, 0.29) is 0 Å². The van der Waals surface area contributed by atoms with Crippen molar-refractivity contribution in [1.82, 2.24) is 9.78 Å². The van der Waals surface area contributed by atoms with E-state index in [0.717, 1.165) is 11.4 Å². The van der Waals surface area contributed by atoms with E-state index in [9.17, 15) is 0 Å². The highest BCUT2D eigenvalue weighted by molar-refractivity contribution is 5.32. The smallest absolute Gasteiger partial charge is 0.0648 e. The average Bonchev–Trinajstić information content (AvgIpc) is 2.62. The summed E-state index contributed by atoms with van der Waals surface area (Å²) in [5, 5.41) is 4.40. The summed E-state index contributed by atoms with van der Waals surface area (Å²) in [4.78, 5) is 0. The van der Waals surface area contributed by atoms with Gasteiger partial charge in [-0.25, -0.2) is 4.68 Å². The van der Waals surface area contributed by atoms with Crippen molar-refractivity contribution in [3.63, 3.8) is 0 Å². The fraction of sp³-hybridized carbons (Fsp3) is 0.308. The van der Waals surface area contributed by atoms with E-state index in [2.05, 4.69) is 30.2 Å². The summed E-state index contributed by atoms with van der Waals surface area (Å²) in [7, 11) is 0. The first-order valence-corrected chi connectivity index (χ1v) is 5.36. The summed E-state index contributed by atoms with van der Waals surface area (Å²) >= 11 is 0. The van der Waals surface area contributed by atoms with Crippen molar-refractivity contribution in [2.75, 3.05) is 0 Å². The molecule has 1 aromatic carbocycles. The van der Waals surface area contributed by atoms with E-state index in [4.69, 9.17) is 0 Å². The van der Waals surface area contributed by atoms with Gasteiger partial charge in [-0.3, -0.25) is 0 Å². The monoisotopic (exact) mass is 202 g/mol. The SMILES string of the molecule is CC.Cc1cc(C)n(-c2ccccc2)n1. The lowest BCUT2D eigenvalue weighted by molar-refractivity contribution is 0.833. The van der Waals surface area contributed by atoms with Gasteiger partial charge in [0.2, 0.25) is 0 Å². The van der Waals surface area contributed by atoms with Crippen molar-refractivity contribution in [3.05, 3.63) is 47.8 Å². The van der Waals surface area contributed by atoms with Gasteiger partial charge in [-0.2, -0.15) is 5.10 Å². The Hall–Kier alpha value is -1.57. The highest BCUT2D eigenvalue weighted by Crippen LogP contribution is 2.10. The molecule has 0 fully saturated rings. The molecule has 0 saturated heterocycles. The zero-order valence-electron chi connectivity index (χ0n) is 9.86. The zero-order chi connectivity index (χ0) is 11.3. The van der Waals surface area contributed by atoms with Crippen LogP contribution in [0.15, 0.2) is 36.4 Å². The summed E-state index contributed by atoms with van der Waals surface area (Å²) in [6.45, 7) is 8.07. The van der Waals surface area contributed by atoms with Crippen LogP contribution in [-0.4, -0.2) is 9.78 Å². The number of para-hydroxylation sites is 1. The molecule has 15 heavy (non-hydrogen) atoms. The van der Waals surface area contributed by atoms with Gasteiger partial charge in [0, 0.05) is 5.69 Å². The molecule has 0 radical (unpaired) electrons. The third-order valence-corrected chi connectivity index (χ3v) is 2.01. The third-order valence-electron chi connectivity index (χ3n) is 2.01. The van der Waals surface area contributed by atoms with Crippen LogP contribution in [0.4, 0.5) is 0 Å². The second-order valence-electron chi connectivity index (χ2n) is 3.17. The summed E-state index contributed by atoms with van der Waals surface area (Å²) in [6, 6.07) is 12.2. The Morgan fingerprint density at radius 2 is 1.60 bits per heavy atom. The number of nitrogens with zero attached hydrogens (tertiary/aromatic N) is 2. The molecule has 2 heteroatoms. The molecule has 80 valence electrons. The van der Waals surface area contributed by atoms with E-state index in [0.29, 0.717) is 0 Å². The Morgan fingerprint density at radius 1 is 1.00 bits per heavy atom. The predicted octanol–water partition coefficient (Wildman–Crippen LogP) is 3.52. The number of aromatic nitrogens is 2.